The molecular formula is C12H17ClN2O. The van der Waals surface area contributed by atoms with Gasteiger partial charge in [0.1, 0.15) is 0 Å². The van der Waals surface area contributed by atoms with Crippen molar-refractivity contribution in [2.75, 3.05) is 18.0 Å². The molecule has 0 radical (unpaired) electrons. The largest absolute Gasteiger partial charge is 0.372 e. The summed E-state index contributed by atoms with van der Waals surface area (Å²) in [5.41, 5.74) is 2.11. The Labute approximate surface area is 101 Å². The van der Waals surface area contributed by atoms with Gasteiger partial charge < -0.3 is 9.64 Å². The highest BCUT2D eigenvalue weighted by atomic mass is 35.5. The molecule has 2 rings (SSSR count). The fourth-order valence-electron chi connectivity index (χ4n) is 2.12. The molecule has 0 spiro atoms. The molecule has 0 N–H and O–H groups in total. The Morgan fingerprint density at radius 3 is 2.75 bits per heavy atom. The summed E-state index contributed by atoms with van der Waals surface area (Å²) in [6.45, 7) is 6.06. The Kier molecular flexibility index (Phi) is 3.66. The number of alkyl halides is 1. The highest BCUT2D eigenvalue weighted by Crippen LogP contribution is 2.20. The fourth-order valence-corrected chi connectivity index (χ4v) is 2.27. The molecule has 88 valence electrons. The zero-order valence-electron chi connectivity index (χ0n) is 9.69. The Bertz CT molecular complexity index is 349. The lowest BCUT2D eigenvalue weighted by atomic mass is 10.2. The van der Waals surface area contributed by atoms with E-state index in [0.29, 0.717) is 5.88 Å². The second-order valence-electron chi connectivity index (χ2n) is 4.30. The maximum absolute atomic E-state index is 5.79. The summed E-state index contributed by atoms with van der Waals surface area (Å²) < 4.78 is 5.71. The Hall–Kier alpha value is -0.800. The molecule has 3 nitrogen and oxygen atoms in total. The van der Waals surface area contributed by atoms with Crippen LogP contribution in [0.2, 0.25) is 0 Å². The van der Waals surface area contributed by atoms with E-state index in [1.807, 2.05) is 12.3 Å². The number of pyridine rings is 1. The molecule has 0 amide bonds. The Morgan fingerprint density at radius 1 is 1.44 bits per heavy atom. The topological polar surface area (TPSA) is 25.4 Å². The molecule has 1 aromatic heterocycles. The number of anilines is 1. The van der Waals surface area contributed by atoms with E-state index in [2.05, 4.69) is 29.8 Å². The molecule has 16 heavy (non-hydrogen) atoms. The minimum Gasteiger partial charge on any atom is -0.372 e. The molecule has 2 atom stereocenters. The lowest BCUT2D eigenvalue weighted by Crippen LogP contribution is -2.45. The number of ether oxygens (including phenoxy) is 1. The van der Waals surface area contributed by atoms with Gasteiger partial charge in [-0.25, -0.2) is 0 Å². The molecule has 2 heterocycles. The molecule has 0 saturated carbocycles. The van der Waals surface area contributed by atoms with Gasteiger partial charge in [0, 0.05) is 25.0 Å². The van der Waals surface area contributed by atoms with E-state index in [-0.39, 0.29) is 12.2 Å². The molecule has 0 unspecified atom stereocenters. The van der Waals surface area contributed by atoms with Crippen LogP contribution in [-0.2, 0) is 10.6 Å². The summed E-state index contributed by atoms with van der Waals surface area (Å²) in [5.74, 6) is 0.462. The summed E-state index contributed by atoms with van der Waals surface area (Å²) in [6, 6.07) is 4.08. The zero-order chi connectivity index (χ0) is 11.5. The molecule has 0 bridgehead atoms. The van der Waals surface area contributed by atoms with Crippen LogP contribution in [0.3, 0.4) is 0 Å². The predicted molar refractivity (Wildman–Crippen MR) is 66.0 cm³/mol. The first-order valence-corrected chi connectivity index (χ1v) is 6.14. The summed E-state index contributed by atoms with van der Waals surface area (Å²) in [6.07, 6.45) is 2.37. The van der Waals surface area contributed by atoms with E-state index in [9.17, 15) is 0 Å². The molecule has 4 heteroatoms. The first-order valence-electron chi connectivity index (χ1n) is 5.60. The molecule has 1 aliphatic heterocycles. The lowest BCUT2D eigenvalue weighted by molar-refractivity contribution is -0.00522. The normalized spacial score (nSPS) is 25.8. The van der Waals surface area contributed by atoms with Gasteiger partial charge in [0.15, 0.2) is 0 Å². The van der Waals surface area contributed by atoms with Crippen LogP contribution in [0.4, 0.5) is 5.69 Å². The number of halogens is 1. The average Bonchev–Trinajstić information content (AvgIpc) is 2.28. The van der Waals surface area contributed by atoms with Gasteiger partial charge in [0.2, 0.25) is 0 Å². The summed E-state index contributed by atoms with van der Waals surface area (Å²) in [7, 11) is 0. The minimum absolute atomic E-state index is 0.274. The molecule has 0 aliphatic carbocycles. The maximum Gasteiger partial charge on any atom is 0.0726 e. The summed E-state index contributed by atoms with van der Waals surface area (Å²) in [4.78, 5) is 6.53. The third kappa shape index (κ3) is 2.66. The van der Waals surface area contributed by atoms with Crippen molar-refractivity contribution in [3.8, 4) is 0 Å². The Balaban J connectivity index is 2.16. The van der Waals surface area contributed by atoms with E-state index in [1.165, 1.54) is 5.69 Å². The first kappa shape index (κ1) is 11.7. The van der Waals surface area contributed by atoms with Gasteiger partial charge >= 0.3 is 0 Å². The standard InChI is InChI=1S/C12H17ClN2O/c1-9-7-15(8-10(2)16-9)12-3-4-14-11(5-12)6-13/h3-5,9-10H,6-8H2,1-2H3/t9-,10+. The van der Waals surface area contributed by atoms with Crippen molar-refractivity contribution in [3.63, 3.8) is 0 Å². The van der Waals surface area contributed by atoms with Crippen LogP contribution in [0.5, 0.6) is 0 Å². The summed E-state index contributed by atoms with van der Waals surface area (Å²) in [5, 5.41) is 0. The van der Waals surface area contributed by atoms with Gasteiger partial charge in [-0.05, 0) is 26.0 Å². The maximum atomic E-state index is 5.79. The van der Waals surface area contributed by atoms with Crippen LogP contribution in [0, 0.1) is 0 Å². The highest BCUT2D eigenvalue weighted by molar-refractivity contribution is 6.16. The number of morpholine rings is 1. The molecular weight excluding hydrogens is 224 g/mol. The molecule has 0 aromatic carbocycles. The van der Waals surface area contributed by atoms with Crippen LogP contribution in [-0.4, -0.2) is 30.3 Å². The number of nitrogens with zero attached hydrogens (tertiary/aromatic N) is 2. The molecule has 1 aromatic rings. The van der Waals surface area contributed by atoms with Crippen molar-refractivity contribution in [2.45, 2.75) is 31.9 Å². The van der Waals surface area contributed by atoms with Crippen LogP contribution in [0.25, 0.3) is 0 Å². The molecule has 1 aliphatic rings. The highest BCUT2D eigenvalue weighted by Gasteiger charge is 2.22. The smallest absolute Gasteiger partial charge is 0.0726 e. The predicted octanol–water partition coefficient (Wildman–Crippen LogP) is 2.43. The van der Waals surface area contributed by atoms with E-state index < -0.39 is 0 Å². The van der Waals surface area contributed by atoms with E-state index in [4.69, 9.17) is 16.3 Å². The van der Waals surface area contributed by atoms with Crippen molar-refractivity contribution >= 4 is 17.3 Å². The SMILES string of the molecule is C[C@@H]1CN(c2ccnc(CCl)c2)C[C@H](C)O1. The lowest BCUT2D eigenvalue weighted by Gasteiger charge is -2.36. The van der Waals surface area contributed by atoms with E-state index in [1.54, 1.807) is 0 Å². The zero-order valence-corrected chi connectivity index (χ0v) is 10.4. The average molecular weight is 241 g/mol. The third-order valence-electron chi connectivity index (χ3n) is 2.72. The third-order valence-corrected chi connectivity index (χ3v) is 3.00. The molecule has 1 fully saturated rings. The number of hydrogen-bond acceptors (Lipinski definition) is 3. The van der Waals surface area contributed by atoms with Gasteiger partial charge in [0.05, 0.1) is 23.8 Å². The van der Waals surface area contributed by atoms with Gasteiger partial charge in [-0.3, -0.25) is 4.98 Å². The van der Waals surface area contributed by atoms with Gasteiger partial charge in [-0.1, -0.05) is 0 Å². The van der Waals surface area contributed by atoms with Crippen LogP contribution in [0.1, 0.15) is 19.5 Å². The van der Waals surface area contributed by atoms with Crippen LogP contribution in [0.15, 0.2) is 18.3 Å². The van der Waals surface area contributed by atoms with Crippen molar-refractivity contribution in [3.05, 3.63) is 24.0 Å². The van der Waals surface area contributed by atoms with E-state index in [0.717, 1.165) is 18.8 Å². The Morgan fingerprint density at radius 2 is 2.12 bits per heavy atom. The fraction of sp³-hybridized carbons (Fsp3) is 0.583. The minimum atomic E-state index is 0.274. The number of rotatable bonds is 2. The quantitative estimate of drug-likeness (QED) is 0.743. The van der Waals surface area contributed by atoms with Gasteiger partial charge in [-0.2, -0.15) is 0 Å². The molecule has 1 saturated heterocycles. The summed E-state index contributed by atoms with van der Waals surface area (Å²) >= 11 is 5.79. The van der Waals surface area contributed by atoms with Crippen molar-refractivity contribution < 1.29 is 4.74 Å². The van der Waals surface area contributed by atoms with Crippen molar-refractivity contribution in [2.24, 2.45) is 0 Å². The number of aromatic nitrogens is 1. The van der Waals surface area contributed by atoms with Crippen LogP contribution >= 0.6 is 11.6 Å². The van der Waals surface area contributed by atoms with Crippen molar-refractivity contribution in [1.29, 1.82) is 0 Å². The van der Waals surface area contributed by atoms with E-state index >= 15 is 0 Å². The number of hydrogen-bond donors (Lipinski definition) is 0. The van der Waals surface area contributed by atoms with Crippen LogP contribution < -0.4 is 4.90 Å². The van der Waals surface area contributed by atoms with Gasteiger partial charge in [-0.15, -0.1) is 11.6 Å². The van der Waals surface area contributed by atoms with Gasteiger partial charge in [0.25, 0.3) is 0 Å². The van der Waals surface area contributed by atoms with Crippen molar-refractivity contribution in [1.82, 2.24) is 4.98 Å². The second kappa shape index (κ2) is 5.02. The monoisotopic (exact) mass is 240 g/mol. The first-order chi connectivity index (χ1) is 7.69. The second-order valence-corrected chi connectivity index (χ2v) is 4.57.